The lowest BCUT2D eigenvalue weighted by Crippen LogP contribution is -2.58. The molecule has 0 aromatic rings. The van der Waals surface area contributed by atoms with Crippen LogP contribution in [-0.4, -0.2) is 36.6 Å². The maximum absolute atomic E-state index is 3.73. The molecule has 1 aliphatic heterocycles. The molecule has 0 radical (unpaired) electrons. The van der Waals surface area contributed by atoms with Gasteiger partial charge in [0.05, 0.1) is 0 Å². The summed E-state index contributed by atoms with van der Waals surface area (Å²) >= 11 is 0. The minimum absolute atomic E-state index is 0.720. The number of hydrogen-bond donors (Lipinski definition) is 1. The van der Waals surface area contributed by atoms with Gasteiger partial charge < -0.3 is 5.32 Å². The third-order valence-electron chi connectivity index (χ3n) is 5.03. The summed E-state index contributed by atoms with van der Waals surface area (Å²) in [5.74, 6) is 1.81. The van der Waals surface area contributed by atoms with E-state index < -0.39 is 0 Å². The fourth-order valence-electron chi connectivity index (χ4n) is 3.39. The average Bonchev–Trinajstić information content (AvgIpc) is 2.84. The molecule has 3 unspecified atom stereocenters. The Bertz CT molecular complexity index is 223. The van der Waals surface area contributed by atoms with Gasteiger partial charge in [-0.1, -0.05) is 33.1 Å². The largest absolute Gasteiger partial charge is 0.311 e. The second-order valence-electron chi connectivity index (χ2n) is 6.35. The highest BCUT2D eigenvalue weighted by Crippen LogP contribution is 2.27. The van der Waals surface area contributed by atoms with Gasteiger partial charge in [0.1, 0.15) is 0 Å². The first-order valence-corrected chi connectivity index (χ1v) is 7.68. The quantitative estimate of drug-likeness (QED) is 0.810. The molecule has 0 aromatic carbocycles. The van der Waals surface area contributed by atoms with Gasteiger partial charge in [0.25, 0.3) is 0 Å². The van der Waals surface area contributed by atoms with Gasteiger partial charge in [-0.2, -0.15) is 0 Å². The molecule has 3 atom stereocenters. The van der Waals surface area contributed by atoms with Crippen LogP contribution in [0.1, 0.15) is 52.9 Å². The first kappa shape index (κ1) is 13.4. The van der Waals surface area contributed by atoms with Crippen molar-refractivity contribution in [3.05, 3.63) is 0 Å². The molecule has 17 heavy (non-hydrogen) atoms. The average molecular weight is 238 g/mol. The van der Waals surface area contributed by atoms with E-state index in [0.717, 1.165) is 23.9 Å². The Hall–Kier alpha value is -0.0800. The van der Waals surface area contributed by atoms with E-state index in [1.165, 1.54) is 51.7 Å². The molecular formula is C15H30N2. The number of nitrogens with one attached hydrogen (secondary N) is 1. The monoisotopic (exact) mass is 238 g/mol. The van der Waals surface area contributed by atoms with Crippen LogP contribution in [0.3, 0.4) is 0 Å². The van der Waals surface area contributed by atoms with Crippen LogP contribution in [0, 0.1) is 11.8 Å². The normalized spacial score (nSPS) is 34.1. The Balaban J connectivity index is 1.85. The second kappa shape index (κ2) is 6.19. The topological polar surface area (TPSA) is 15.3 Å². The fourth-order valence-corrected chi connectivity index (χ4v) is 3.39. The van der Waals surface area contributed by atoms with Crippen LogP contribution >= 0.6 is 0 Å². The van der Waals surface area contributed by atoms with E-state index in [-0.39, 0.29) is 0 Å². The zero-order valence-corrected chi connectivity index (χ0v) is 11.9. The number of hydrogen-bond acceptors (Lipinski definition) is 2. The minimum atomic E-state index is 0.720. The van der Waals surface area contributed by atoms with Crippen molar-refractivity contribution in [3.8, 4) is 0 Å². The van der Waals surface area contributed by atoms with Gasteiger partial charge in [-0.05, 0) is 31.6 Å². The predicted molar refractivity (Wildman–Crippen MR) is 74.2 cm³/mol. The molecule has 2 heteroatoms. The molecule has 2 aliphatic rings. The smallest absolute Gasteiger partial charge is 0.0221 e. The number of rotatable bonds is 4. The second-order valence-corrected chi connectivity index (χ2v) is 6.35. The maximum Gasteiger partial charge on any atom is 0.0221 e. The number of piperazine rings is 1. The van der Waals surface area contributed by atoms with Gasteiger partial charge in [0.15, 0.2) is 0 Å². The van der Waals surface area contributed by atoms with Crippen LogP contribution in [0.15, 0.2) is 0 Å². The minimum Gasteiger partial charge on any atom is -0.311 e. The molecule has 2 fully saturated rings. The fraction of sp³-hybridized carbons (Fsp3) is 1.00. The van der Waals surface area contributed by atoms with Gasteiger partial charge in [-0.15, -0.1) is 0 Å². The first-order chi connectivity index (χ1) is 8.20. The summed E-state index contributed by atoms with van der Waals surface area (Å²) in [4.78, 5) is 2.75. The van der Waals surface area contributed by atoms with E-state index in [2.05, 4.69) is 31.0 Å². The van der Waals surface area contributed by atoms with Crippen LogP contribution in [0.5, 0.6) is 0 Å². The molecule has 0 bridgehead atoms. The van der Waals surface area contributed by atoms with Crippen molar-refractivity contribution >= 4 is 0 Å². The summed E-state index contributed by atoms with van der Waals surface area (Å²) in [6, 6.07) is 1.45. The van der Waals surface area contributed by atoms with E-state index in [9.17, 15) is 0 Å². The zero-order valence-electron chi connectivity index (χ0n) is 11.9. The Morgan fingerprint density at radius 1 is 1.29 bits per heavy atom. The molecule has 100 valence electrons. The SMILES string of the molecule is CCC(C)C1CN(CC2CCCC2)C(C)CN1. The molecule has 2 nitrogen and oxygen atoms in total. The highest BCUT2D eigenvalue weighted by atomic mass is 15.2. The molecule has 0 amide bonds. The summed E-state index contributed by atoms with van der Waals surface area (Å²) in [6.45, 7) is 10.9. The van der Waals surface area contributed by atoms with Crippen LogP contribution in [0.2, 0.25) is 0 Å². The third kappa shape index (κ3) is 3.45. The summed E-state index contributed by atoms with van der Waals surface area (Å²) in [5, 5.41) is 3.73. The lowest BCUT2D eigenvalue weighted by molar-refractivity contribution is 0.102. The highest BCUT2D eigenvalue weighted by molar-refractivity contribution is 4.87. The molecule has 1 N–H and O–H groups in total. The molecule has 1 aliphatic carbocycles. The van der Waals surface area contributed by atoms with Crippen LogP contribution in [-0.2, 0) is 0 Å². The Labute approximate surface area is 107 Å². The molecule has 1 saturated heterocycles. The van der Waals surface area contributed by atoms with E-state index in [1.54, 1.807) is 0 Å². The zero-order chi connectivity index (χ0) is 12.3. The lowest BCUT2D eigenvalue weighted by atomic mass is 9.94. The van der Waals surface area contributed by atoms with Gasteiger partial charge in [-0.25, -0.2) is 0 Å². The summed E-state index contributed by atoms with van der Waals surface area (Å²) in [5.41, 5.74) is 0. The molecular weight excluding hydrogens is 208 g/mol. The van der Waals surface area contributed by atoms with Crippen LogP contribution in [0.4, 0.5) is 0 Å². The van der Waals surface area contributed by atoms with Crippen LogP contribution in [0.25, 0.3) is 0 Å². The third-order valence-corrected chi connectivity index (χ3v) is 5.03. The van der Waals surface area contributed by atoms with Crippen molar-refractivity contribution in [1.82, 2.24) is 10.2 Å². The Morgan fingerprint density at radius 3 is 2.65 bits per heavy atom. The van der Waals surface area contributed by atoms with E-state index in [4.69, 9.17) is 0 Å². The Morgan fingerprint density at radius 2 is 2.00 bits per heavy atom. The molecule has 0 aromatic heterocycles. The first-order valence-electron chi connectivity index (χ1n) is 7.68. The van der Waals surface area contributed by atoms with Crippen molar-refractivity contribution in [1.29, 1.82) is 0 Å². The van der Waals surface area contributed by atoms with Gasteiger partial charge in [-0.3, -0.25) is 4.90 Å². The van der Waals surface area contributed by atoms with E-state index in [1.807, 2.05) is 0 Å². The van der Waals surface area contributed by atoms with Gasteiger partial charge in [0, 0.05) is 31.7 Å². The summed E-state index contributed by atoms with van der Waals surface area (Å²) < 4.78 is 0. The molecule has 2 rings (SSSR count). The standard InChI is InChI=1S/C15H30N2/c1-4-12(2)15-11-17(13(3)9-16-15)10-14-7-5-6-8-14/h12-16H,4-11H2,1-3H3. The molecule has 1 heterocycles. The summed E-state index contributed by atoms with van der Waals surface area (Å²) in [6.07, 6.45) is 7.19. The highest BCUT2D eigenvalue weighted by Gasteiger charge is 2.29. The number of nitrogens with zero attached hydrogens (tertiary/aromatic N) is 1. The summed E-state index contributed by atoms with van der Waals surface area (Å²) in [7, 11) is 0. The van der Waals surface area contributed by atoms with Gasteiger partial charge in [0.2, 0.25) is 0 Å². The van der Waals surface area contributed by atoms with E-state index >= 15 is 0 Å². The van der Waals surface area contributed by atoms with Crippen molar-refractivity contribution in [2.45, 2.75) is 65.0 Å². The van der Waals surface area contributed by atoms with Crippen molar-refractivity contribution in [3.63, 3.8) is 0 Å². The van der Waals surface area contributed by atoms with E-state index in [0.29, 0.717) is 0 Å². The Kier molecular flexibility index (Phi) is 4.87. The van der Waals surface area contributed by atoms with Crippen molar-refractivity contribution in [2.75, 3.05) is 19.6 Å². The predicted octanol–water partition coefficient (Wildman–Crippen LogP) is 2.89. The van der Waals surface area contributed by atoms with Crippen LogP contribution < -0.4 is 5.32 Å². The lowest BCUT2D eigenvalue weighted by Gasteiger charge is -2.42. The van der Waals surface area contributed by atoms with Crippen molar-refractivity contribution in [2.24, 2.45) is 11.8 Å². The van der Waals surface area contributed by atoms with Crippen molar-refractivity contribution < 1.29 is 0 Å². The van der Waals surface area contributed by atoms with Gasteiger partial charge >= 0.3 is 0 Å². The molecule has 0 spiro atoms. The maximum atomic E-state index is 3.73. The molecule has 1 saturated carbocycles.